The molecule has 1 aliphatic carbocycles. The third-order valence-corrected chi connectivity index (χ3v) is 6.31. The number of methoxy groups -OCH3 is 1. The minimum atomic E-state index is -0.485. The van der Waals surface area contributed by atoms with Gasteiger partial charge in [0.25, 0.3) is 0 Å². The molecule has 0 spiro atoms. The Balaban J connectivity index is 1.84. The molecule has 1 saturated heterocycles. The quantitative estimate of drug-likeness (QED) is 0.557. The van der Waals surface area contributed by atoms with Gasteiger partial charge in [-0.25, -0.2) is 0 Å². The van der Waals surface area contributed by atoms with Crippen LogP contribution in [-0.2, 0) is 19.1 Å². The SMILES string of the molecule is C=C[C@@H]1O[C@@H]2C=CCN([C@@H](C(=O)NC3CCCCC3)C(C)C)[C@H]2[C@@H]1C(=O)OC. The van der Waals surface area contributed by atoms with E-state index in [4.69, 9.17) is 9.47 Å². The molecule has 0 radical (unpaired) electrons. The Hall–Kier alpha value is -1.66. The van der Waals surface area contributed by atoms with Gasteiger partial charge in [-0.1, -0.05) is 51.3 Å². The van der Waals surface area contributed by atoms with Crippen LogP contribution in [0.15, 0.2) is 24.8 Å². The zero-order valence-electron chi connectivity index (χ0n) is 17.3. The molecule has 2 aliphatic heterocycles. The van der Waals surface area contributed by atoms with Crippen LogP contribution in [-0.4, -0.2) is 60.8 Å². The second kappa shape index (κ2) is 9.23. The number of carbonyl (C=O) groups is 2. The Morgan fingerprint density at radius 2 is 2.00 bits per heavy atom. The van der Waals surface area contributed by atoms with Crippen LogP contribution in [0.5, 0.6) is 0 Å². The van der Waals surface area contributed by atoms with Crippen LogP contribution in [0.4, 0.5) is 0 Å². The zero-order chi connectivity index (χ0) is 20.3. The van der Waals surface area contributed by atoms with E-state index in [0.717, 1.165) is 12.8 Å². The molecule has 0 aromatic carbocycles. The van der Waals surface area contributed by atoms with E-state index in [-0.39, 0.29) is 42.0 Å². The third kappa shape index (κ3) is 4.18. The molecule has 2 fully saturated rings. The van der Waals surface area contributed by atoms with Crippen LogP contribution in [0.25, 0.3) is 0 Å². The Morgan fingerprint density at radius 3 is 2.61 bits per heavy atom. The molecule has 0 unspecified atom stereocenters. The fourth-order valence-corrected chi connectivity index (χ4v) is 5.02. The summed E-state index contributed by atoms with van der Waals surface area (Å²) in [5, 5.41) is 3.28. The predicted octanol–water partition coefficient (Wildman–Crippen LogP) is 2.44. The minimum absolute atomic E-state index is 0.0571. The molecule has 5 atom stereocenters. The van der Waals surface area contributed by atoms with Crippen molar-refractivity contribution in [3.05, 3.63) is 24.8 Å². The van der Waals surface area contributed by atoms with Crippen molar-refractivity contribution in [3.63, 3.8) is 0 Å². The highest BCUT2D eigenvalue weighted by atomic mass is 16.5. The summed E-state index contributed by atoms with van der Waals surface area (Å²) in [6, 6.07) is -0.292. The van der Waals surface area contributed by atoms with E-state index >= 15 is 0 Å². The van der Waals surface area contributed by atoms with Crippen molar-refractivity contribution in [1.82, 2.24) is 10.2 Å². The van der Waals surface area contributed by atoms with E-state index in [0.29, 0.717) is 6.54 Å². The van der Waals surface area contributed by atoms with Crippen LogP contribution in [0.1, 0.15) is 46.0 Å². The largest absolute Gasteiger partial charge is 0.469 e. The first-order valence-electron chi connectivity index (χ1n) is 10.6. The van der Waals surface area contributed by atoms with Crippen molar-refractivity contribution in [2.45, 2.75) is 76.3 Å². The molecule has 156 valence electrons. The maximum absolute atomic E-state index is 13.3. The topological polar surface area (TPSA) is 67.9 Å². The van der Waals surface area contributed by atoms with Crippen LogP contribution in [0, 0.1) is 11.8 Å². The molecule has 3 rings (SSSR count). The fourth-order valence-electron chi connectivity index (χ4n) is 5.02. The van der Waals surface area contributed by atoms with Gasteiger partial charge in [-0.05, 0) is 18.8 Å². The summed E-state index contributed by atoms with van der Waals surface area (Å²) in [5.74, 6) is -0.632. The molecule has 2 heterocycles. The highest BCUT2D eigenvalue weighted by Gasteiger charge is 2.53. The molecule has 1 N–H and O–H groups in total. The maximum Gasteiger partial charge on any atom is 0.313 e. The maximum atomic E-state index is 13.3. The van der Waals surface area contributed by atoms with Crippen LogP contribution in [0.3, 0.4) is 0 Å². The van der Waals surface area contributed by atoms with E-state index in [9.17, 15) is 9.59 Å². The van der Waals surface area contributed by atoms with Crippen LogP contribution >= 0.6 is 0 Å². The van der Waals surface area contributed by atoms with Gasteiger partial charge < -0.3 is 14.8 Å². The van der Waals surface area contributed by atoms with Crippen molar-refractivity contribution in [2.24, 2.45) is 11.8 Å². The number of amides is 1. The number of rotatable bonds is 6. The smallest absolute Gasteiger partial charge is 0.313 e. The van der Waals surface area contributed by atoms with E-state index in [1.807, 2.05) is 12.2 Å². The highest BCUT2D eigenvalue weighted by molar-refractivity contribution is 5.83. The van der Waals surface area contributed by atoms with Crippen molar-refractivity contribution in [2.75, 3.05) is 13.7 Å². The molecular weight excluding hydrogens is 356 g/mol. The summed E-state index contributed by atoms with van der Waals surface area (Å²) >= 11 is 0. The number of carbonyl (C=O) groups excluding carboxylic acids is 2. The number of hydrogen-bond donors (Lipinski definition) is 1. The lowest BCUT2D eigenvalue weighted by atomic mass is 9.86. The summed E-state index contributed by atoms with van der Waals surface area (Å²) < 4.78 is 11.1. The van der Waals surface area contributed by atoms with Gasteiger partial charge in [0, 0.05) is 12.6 Å². The van der Waals surface area contributed by atoms with Crippen molar-refractivity contribution >= 4 is 11.9 Å². The highest BCUT2D eigenvalue weighted by Crippen LogP contribution is 2.37. The molecule has 6 heteroatoms. The van der Waals surface area contributed by atoms with E-state index in [2.05, 4.69) is 30.6 Å². The number of nitrogens with zero attached hydrogens (tertiary/aromatic N) is 1. The predicted molar refractivity (Wildman–Crippen MR) is 108 cm³/mol. The van der Waals surface area contributed by atoms with Crippen molar-refractivity contribution < 1.29 is 19.1 Å². The lowest BCUT2D eigenvalue weighted by Gasteiger charge is -2.42. The molecule has 0 bridgehead atoms. The minimum Gasteiger partial charge on any atom is -0.469 e. The van der Waals surface area contributed by atoms with Gasteiger partial charge in [0.2, 0.25) is 5.91 Å². The number of fused-ring (bicyclic) bond motifs is 1. The number of hydrogen-bond acceptors (Lipinski definition) is 5. The van der Waals surface area contributed by atoms with Crippen molar-refractivity contribution in [3.8, 4) is 0 Å². The molecule has 1 saturated carbocycles. The van der Waals surface area contributed by atoms with Gasteiger partial charge in [0.1, 0.15) is 5.92 Å². The first kappa shape index (κ1) is 21.1. The Kier molecular flexibility index (Phi) is 6.94. The first-order chi connectivity index (χ1) is 13.5. The monoisotopic (exact) mass is 390 g/mol. The second-order valence-electron chi connectivity index (χ2n) is 8.50. The second-order valence-corrected chi connectivity index (χ2v) is 8.50. The number of ether oxygens (including phenoxy) is 2. The van der Waals surface area contributed by atoms with Gasteiger partial charge in [-0.3, -0.25) is 14.5 Å². The average Bonchev–Trinajstić information content (AvgIpc) is 3.07. The third-order valence-electron chi connectivity index (χ3n) is 6.31. The molecule has 0 aromatic rings. The molecule has 3 aliphatic rings. The molecular formula is C22H34N2O4. The van der Waals surface area contributed by atoms with Gasteiger partial charge >= 0.3 is 5.97 Å². The summed E-state index contributed by atoms with van der Waals surface area (Å²) in [4.78, 5) is 28.0. The molecule has 6 nitrogen and oxygen atoms in total. The summed E-state index contributed by atoms with van der Waals surface area (Å²) in [6.07, 6.45) is 10.7. The first-order valence-corrected chi connectivity index (χ1v) is 10.6. The number of nitrogens with one attached hydrogen (secondary N) is 1. The van der Waals surface area contributed by atoms with Crippen molar-refractivity contribution in [1.29, 1.82) is 0 Å². The summed E-state index contributed by atoms with van der Waals surface area (Å²) in [7, 11) is 1.40. The van der Waals surface area contributed by atoms with E-state index in [1.54, 1.807) is 6.08 Å². The molecule has 0 aromatic heterocycles. The number of esters is 1. The lowest BCUT2D eigenvalue weighted by Crippen LogP contribution is -2.60. The van der Waals surface area contributed by atoms with Gasteiger partial charge in [-0.2, -0.15) is 0 Å². The van der Waals surface area contributed by atoms with E-state index < -0.39 is 12.0 Å². The fraction of sp³-hybridized carbons (Fsp3) is 0.727. The molecule has 1 amide bonds. The Bertz CT molecular complexity index is 612. The van der Waals surface area contributed by atoms with Crippen LogP contribution < -0.4 is 5.32 Å². The summed E-state index contributed by atoms with van der Waals surface area (Å²) in [6.45, 7) is 8.57. The van der Waals surface area contributed by atoms with E-state index in [1.165, 1.54) is 26.4 Å². The zero-order valence-corrected chi connectivity index (χ0v) is 17.3. The van der Waals surface area contributed by atoms with Gasteiger partial charge in [-0.15, -0.1) is 6.58 Å². The average molecular weight is 391 g/mol. The lowest BCUT2D eigenvalue weighted by molar-refractivity contribution is -0.149. The standard InChI is InChI=1S/C22H34N2O4/c1-5-16-18(22(26)27-4)20-17(28-16)12-9-13-24(20)19(14(2)3)21(25)23-15-10-7-6-8-11-15/h5,9,12,14-20H,1,6-8,10-11,13H2,2-4H3,(H,23,25)/t16-,17+,18+,19+,20+/m0/s1. The van der Waals surface area contributed by atoms with Gasteiger partial charge in [0.05, 0.1) is 31.4 Å². The van der Waals surface area contributed by atoms with Gasteiger partial charge in [0.15, 0.2) is 0 Å². The van der Waals surface area contributed by atoms with Crippen LogP contribution in [0.2, 0.25) is 0 Å². The Morgan fingerprint density at radius 1 is 1.29 bits per heavy atom. The normalized spacial score (nSPS) is 32.0. The Labute approximate surface area is 168 Å². The molecule has 28 heavy (non-hydrogen) atoms. The summed E-state index contributed by atoms with van der Waals surface area (Å²) in [5.41, 5.74) is 0.